The number of amides is 4. The van der Waals surface area contributed by atoms with Gasteiger partial charge in [-0.25, -0.2) is 20.4 Å². The van der Waals surface area contributed by atoms with E-state index in [0.717, 1.165) is 36.8 Å². The molecule has 162 valence electrons. The predicted octanol–water partition coefficient (Wildman–Crippen LogP) is 3.62. The molecule has 4 N–H and O–H groups in total. The first kappa shape index (κ1) is 21.8. The van der Waals surface area contributed by atoms with Crippen LogP contribution in [0, 0.1) is 0 Å². The minimum atomic E-state index is -0.264. The molecule has 2 aliphatic rings. The highest BCUT2D eigenvalue weighted by Crippen LogP contribution is 2.17. The van der Waals surface area contributed by atoms with Gasteiger partial charge in [-0.2, -0.15) is 10.2 Å². The van der Waals surface area contributed by atoms with Crippen LogP contribution in [0.2, 0.25) is 0 Å². The van der Waals surface area contributed by atoms with E-state index in [4.69, 9.17) is 0 Å². The molecule has 8 heteroatoms. The molecular weight excluding hydrogens is 380 g/mol. The SMILES string of the molecule is O=C(NN=Cc1ccc(C=NNC(=O)NC2CCCCC2)cc1)NC1CCCCC1. The van der Waals surface area contributed by atoms with Gasteiger partial charge in [0.1, 0.15) is 0 Å². The minimum Gasteiger partial charge on any atom is -0.334 e. The van der Waals surface area contributed by atoms with Crippen LogP contribution < -0.4 is 21.5 Å². The molecule has 0 radical (unpaired) electrons. The molecule has 0 spiro atoms. The van der Waals surface area contributed by atoms with Gasteiger partial charge in [0, 0.05) is 12.1 Å². The van der Waals surface area contributed by atoms with Crippen molar-refractivity contribution in [3.63, 3.8) is 0 Å². The molecule has 2 aliphatic carbocycles. The Morgan fingerprint density at radius 3 is 1.40 bits per heavy atom. The first-order valence-corrected chi connectivity index (χ1v) is 11.0. The van der Waals surface area contributed by atoms with E-state index in [1.54, 1.807) is 12.4 Å². The maximum absolute atomic E-state index is 11.9. The number of hydrogen-bond acceptors (Lipinski definition) is 4. The molecule has 2 fully saturated rings. The van der Waals surface area contributed by atoms with Gasteiger partial charge < -0.3 is 10.6 Å². The Kier molecular flexibility index (Phi) is 8.68. The molecule has 0 aliphatic heterocycles. The molecular formula is C22H32N6O2. The topological polar surface area (TPSA) is 107 Å². The van der Waals surface area contributed by atoms with Crippen molar-refractivity contribution >= 4 is 24.5 Å². The number of benzene rings is 1. The van der Waals surface area contributed by atoms with Crippen LogP contribution in [-0.4, -0.2) is 36.6 Å². The van der Waals surface area contributed by atoms with Crippen molar-refractivity contribution in [2.75, 3.05) is 0 Å². The molecule has 1 aromatic rings. The third kappa shape index (κ3) is 7.85. The van der Waals surface area contributed by atoms with Crippen molar-refractivity contribution in [2.45, 2.75) is 76.3 Å². The Morgan fingerprint density at radius 2 is 1.03 bits per heavy atom. The smallest absolute Gasteiger partial charge is 0.334 e. The highest BCUT2D eigenvalue weighted by atomic mass is 16.2. The Hall–Kier alpha value is -2.90. The summed E-state index contributed by atoms with van der Waals surface area (Å²) in [6.45, 7) is 0. The number of urea groups is 2. The van der Waals surface area contributed by atoms with Crippen molar-refractivity contribution in [3.05, 3.63) is 35.4 Å². The fourth-order valence-electron chi connectivity index (χ4n) is 3.93. The molecule has 0 bridgehead atoms. The van der Waals surface area contributed by atoms with Crippen LogP contribution >= 0.6 is 0 Å². The number of hydrogen-bond donors (Lipinski definition) is 4. The summed E-state index contributed by atoms with van der Waals surface area (Å²) in [5.74, 6) is 0. The van der Waals surface area contributed by atoms with Gasteiger partial charge in [0.05, 0.1) is 12.4 Å². The molecule has 30 heavy (non-hydrogen) atoms. The van der Waals surface area contributed by atoms with Crippen LogP contribution in [0.25, 0.3) is 0 Å². The molecule has 8 nitrogen and oxygen atoms in total. The van der Waals surface area contributed by atoms with E-state index in [0.29, 0.717) is 0 Å². The Balaban J connectivity index is 1.36. The number of nitrogens with zero attached hydrogens (tertiary/aromatic N) is 2. The van der Waals surface area contributed by atoms with E-state index in [-0.39, 0.29) is 24.1 Å². The molecule has 0 saturated heterocycles. The van der Waals surface area contributed by atoms with Crippen molar-refractivity contribution in [3.8, 4) is 0 Å². The van der Waals surface area contributed by atoms with Crippen molar-refractivity contribution in [1.29, 1.82) is 0 Å². The van der Waals surface area contributed by atoms with E-state index in [1.165, 1.54) is 38.5 Å². The Morgan fingerprint density at radius 1 is 0.667 bits per heavy atom. The molecule has 2 saturated carbocycles. The van der Waals surface area contributed by atoms with Gasteiger partial charge in [0.15, 0.2) is 0 Å². The van der Waals surface area contributed by atoms with E-state index in [2.05, 4.69) is 31.7 Å². The quantitative estimate of drug-likeness (QED) is 0.423. The number of carbonyl (C=O) groups is 2. The lowest BCUT2D eigenvalue weighted by atomic mass is 9.96. The largest absolute Gasteiger partial charge is 0.335 e. The van der Waals surface area contributed by atoms with E-state index in [9.17, 15) is 9.59 Å². The van der Waals surface area contributed by atoms with Gasteiger partial charge in [-0.3, -0.25) is 0 Å². The van der Waals surface area contributed by atoms with Crippen LogP contribution in [0.3, 0.4) is 0 Å². The maximum Gasteiger partial charge on any atom is 0.335 e. The highest BCUT2D eigenvalue weighted by molar-refractivity contribution is 5.85. The maximum atomic E-state index is 11.9. The normalized spacial score (nSPS) is 18.4. The van der Waals surface area contributed by atoms with Crippen LogP contribution in [0.5, 0.6) is 0 Å². The van der Waals surface area contributed by atoms with E-state index >= 15 is 0 Å². The second-order valence-electron chi connectivity index (χ2n) is 8.02. The fourth-order valence-corrected chi connectivity index (χ4v) is 3.93. The average molecular weight is 413 g/mol. The third-order valence-electron chi connectivity index (χ3n) is 5.58. The summed E-state index contributed by atoms with van der Waals surface area (Å²) in [5, 5.41) is 13.9. The zero-order valence-corrected chi connectivity index (χ0v) is 17.4. The zero-order chi connectivity index (χ0) is 21.0. The molecule has 0 aromatic heterocycles. The predicted molar refractivity (Wildman–Crippen MR) is 119 cm³/mol. The number of hydrazone groups is 2. The summed E-state index contributed by atoms with van der Waals surface area (Å²) in [4.78, 5) is 23.7. The van der Waals surface area contributed by atoms with Crippen LogP contribution in [0.4, 0.5) is 9.59 Å². The minimum absolute atomic E-state index is 0.255. The third-order valence-corrected chi connectivity index (χ3v) is 5.58. The number of rotatable bonds is 6. The molecule has 4 amide bonds. The number of nitrogens with one attached hydrogen (secondary N) is 4. The van der Waals surface area contributed by atoms with E-state index < -0.39 is 0 Å². The second-order valence-corrected chi connectivity index (χ2v) is 8.02. The lowest BCUT2D eigenvalue weighted by Crippen LogP contribution is -2.41. The van der Waals surface area contributed by atoms with Crippen LogP contribution in [-0.2, 0) is 0 Å². The molecule has 0 unspecified atom stereocenters. The summed E-state index contributed by atoms with van der Waals surface area (Å²) in [5.41, 5.74) is 6.73. The molecule has 0 heterocycles. The van der Waals surface area contributed by atoms with Gasteiger partial charge in [0.25, 0.3) is 0 Å². The lowest BCUT2D eigenvalue weighted by molar-refractivity contribution is 0.232. The Labute approximate surface area is 178 Å². The summed E-state index contributed by atoms with van der Waals surface area (Å²) < 4.78 is 0. The van der Waals surface area contributed by atoms with Gasteiger partial charge in [-0.05, 0) is 36.8 Å². The van der Waals surface area contributed by atoms with Crippen molar-refractivity contribution < 1.29 is 9.59 Å². The van der Waals surface area contributed by atoms with Crippen LogP contribution in [0.15, 0.2) is 34.5 Å². The molecule has 3 rings (SSSR count). The van der Waals surface area contributed by atoms with Gasteiger partial charge >= 0.3 is 12.1 Å². The first-order chi connectivity index (χ1) is 14.7. The van der Waals surface area contributed by atoms with Gasteiger partial charge in [0.2, 0.25) is 0 Å². The Bertz CT molecular complexity index is 671. The standard InChI is InChI=1S/C22H32N6O2/c29-21(25-19-7-3-1-4-8-19)27-23-15-17-11-13-18(14-12-17)16-24-28-22(30)26-20-9-5-2-6-10-20/h11-16,19-20H,1-10H2,(H2,25,27,29)(H2,26,28,30). The average Bonchev–Trinajstić information content (AvgIpc) is 2.76. The zero-order valence-electron chi connectivity index (χ0n) is 17.4. The van der Waals surface area contributed by atoms with Crippen LogP contribution in [0.1, 0.15) is 75.3 Å². The fraction of sp³-hybridized carbons (Fsp3) is 0.545. The lowest BCUT2D eigenvalue weighted by Gasteiger charge is -2.22. The van der Waals surface area contributed by atoms with Gasteiger partial charge in [-0.15, -0.1) is 0 Å². The molecule has 0 atom stereocenters. The van der Waals surface area contributed by atoms with Crippen molar-refractivity contribution in [1.82, 2.24) is 21.5 Å². The first-order valence-electron chi connectivity index (χ1n) is 11.0. The van der Waals surface area contributed by atoms with Crippen molar-refractivity contribution in [2.24, 2.45) is 10.2 Å². The summed E-state index contributed by atoms with van der Waals surface area (Å²) in [6.07, 6.45) is 14.5. The summed E-state index contributed by atoms with van der Waals surface area (Å²) in [7, 11) is 0. The highest BCUT2D eigenvalue weighted by Gasteiger charge is 2.15. The molecule has 1 aromatic carbocycles. The van der Waals surface area contributed by atoms with Gasteiger partial charge in [-0.1, -0.05) is 62.8 Å². The van der Waals surface area contributed by atoms with E-state index in [1.807, 2.05) is 24.3 Å². The second kappa shape index (κ2) is 11.9. The number of carbonyl (C=O) groups excluding carboxylic acids is 2. The summed E-state index contributed by atoms with van der Waals surface area (Å²) >= 11 is 0. The monoisotopic (exact) mass is 412 g/mol. The summed E-state index contributed by atoms with van der Waals surface area (Å²) in [6, 6.07) is 7.46.